The summed E-state index contributed by atoms with van der Waals surface area (Å²) in [6.45, 7) is 9.31. The predicted molar refractivity (Wildman–Crippen MR) is 470 cm³/mol. The van der Waals surface area contributed by atoms with Crippen LogP contribution in [0.25, 0.3) is 156 Å². The maximum absolute atomic E-state index is 5.31. The Morgan fingerprint density at radius 1 is 0.205 bits per heavy atom. The number of benzene rings is 14. The molecule has 20 rings (SSSR count). The molecule has 0 N–H and O–H groups in total. The Labute approximate surface area is 660 Å². The first-order chi connectivity index (χ1) is 55.3. The average molecular weight is 1450 g/mol. The van der Waals surface area contributed by atoms with Crippen molar-refractivity contribution in [1.29, 1.82) is 0 Å². The molecule has 4 aliphatic rings. The van der Waals surface area contributed by atoms with Crippen LogP contribution in [0.4, 0.5) is 0 Å². The Kier molecular flexibility index (Phi) is 18.7. The molecule has 2 aromatic heterocycles. The molecule has 0 aliphatic heterocycles. The number of aromatic nitrogens is 4. The largest absolute Gasteiger partial charge is 0.244 e. The van der Waals surface area contributed by atoms with E-state index in [1.54, 1.807) is 0 Å². The molecule has 0 saturated carbocycles. The normalized spacial score (nSPS) is 13.3. The summed E-state index contributed by atoms with van der Waals surface area (Å²) in [6, 6.07) is 116. The summed E-state index contributed by atoms with van der Waals surface area (Å²) < 4.78 is 0. The summed E-state index contributed by atoms with van der Waals surface area (Å²) in [5.74, 6) is 0. The number of nitrogens with zero attached hydrogens (tertiary/aromatic N) is 4. The van der Waals surface area contributed by atoms with Crippen molar-refractivity contribution in [3.63, 3.8) is 0 Å². The predicted octanol–water partition coefficient (Wildman–Crippen LogP) is 29.0. The van der Waals surface area contributed by atoms with E-state index in [4.69, 9.17) is 19.9 Å². The second-order valence-corrected chi connectivity index (χ2v) is 31.7. The number of unbranched alkanes of at least 4 members (excludes halogenated alkanes) is 4. The number of rotatable bonds is 20. The monoisotopic (exact) mass is 1440 g/mol. The molecule has 4 aliphatic carbocycles. The molecule has 4 heteroatoms. The van der Waals surface area contributed by atoms with Crippen molar-refractivity contribution in [1.82, 2.24) is 19.9 Å². The maximum atomic E-state index is 5.31. The third-order valence-corrected chi connectivity index (χ3v) is 25.1. The lowest BCUT2D eigenvalue weighted by atomic mass is 9.70. The molecule has 112 heavy (non-hydrogen) atoms. The van der Waals surface area contributed by atoms with Crippen LogP contribution in [0.3, 0.4) is 0 Å². The van der Waals surface area contributed by atoms with Gasteiger partial charge < -0.3 is 0 Å². The van der Waals surface area contributed by atoms with Gasteiger partial charge in [-0.1, -0.05) is 358 Å². The van der Waals surface area contributed by atoms with Crippen molar-refractivity contribution in [2.24, 2.45) is 0 Å². The number of hydrogen-bond donors (Lipinski definition) is 0. The highest BCUT2D eigenvalue weighted by atomic mass is 14.8. The van der Waals surface area contributed by atoms with Crippen molar-refractivity contribution in [2.45, 2.75) is 128 Å². The average Bonchev–Trinajstić information content (AvgIpc) is 1.57. The minimum absolute atomic E-state index is 0.0687. The lowest BCUT2D eigenvalue weighted by Gasteiger charge is -2.33. The van der Waals surface area contributed by atoms with Gasteiger partial charge in [-0.2, -0.15) is 0 Å². The lowest BCUT2D eigenvalue weighted by molar-refractivity contribution is 0.414. The van der Waals surface area contributed by atoms with E-state index in [-0.39, 0.29) is 10.8 Å². The van der Waals surface area contributed by atoms with Crippen LogP contribution < -0.4 is 0 Å². The van der Waals surface area contributed by atoms with E-state index < -0.39 is 0 Å². The molecule has 0 unspecified atom stereocenters. The minimum Gasteiger partial charge on any atom is -0.244 e. The molecule has 0 fully saturated rings. The molecular formula is C108H92N4. The third kappa shape index (κ3) is 12.6. The summed E-state index contributed by atoms with van der Waals surface area (Å²) in [5.41, 5.74) is 44.3. The first-order valence-electron chi connectivity index (χ1n) is 41.1. The fourth-order valence-corrected chi connectivity index (χ4v) is 19.2. The molecule has 0 saturated heterocycles. The van der Waals surface area contributed by atoms with Gasteiger partial charge in [0.15, 0.2) is 0 Å². The quantitative estimate of drug-likeness (QED) is 0.0763. The van der Waals surface area contributed by atoms with Crippen LogP contribution in [0.1, 0.15) is 149 Å². The van der Waals surface area contributed by atoms with E-state index in [0.717, 1.165) is 79.9 Å². The molecule has 0 atom stereocenters. The Balaban J connectivity index is 0.000000157. The van der Waals surface area contributed by atoms with Crippen LogP contribution in [0, 0.1) is 0 Å². The smallest absolute Gasteiger partial charge is 0.0973 e. The maximum Gasteiger partial charge on any atom is 0.0973 e. The van der Waals surface area contributed by atoms with Crippen molar-refractivity contribution in [3.8, 4) is 134 Å². The fraction of sp³-hybridized carbons (Fsp3) is 0.185. The molecule has 16 aromatic rings. The summed E-state index contributed by atoms with van der Waals surface area (Å²) >= 11 is 0. The van der Waals surface area contributed by atoms with Gasteiger partial charge in [-0.25, -0.2) is 19.9 Å². The second kappa shape index (κ2) is 29.9. The Morgan fingerprint density at radius 2 is 0.438 bits per heavy atom. The summed E-state index contributed by atoms with van der Waals surface area (Å²) in [7, 11) is 0. The molecule has 4 nitrogen and oxygen atoms in total. The van der Waals surface area contributed by atoms with E-state index in [9.17, 15) is 0 Å². The van der Waals surface area contributed by atoms with E-state index in [0.29, 0.717) is 0 Å². The van der Waals surface area contributed by atoms with E-state index in [1.807, 2.05) is 24.3 Å². The number of hydrogen-bond acceptors (Lipinski definition) is 4. The van der Waals surface area contributed by atoms with Gasteiger partial charge in [0.2, 0.25) is 0 Å². The Hall–Kier alpha value is -12.2. The van der Waals surface area contributed by atoms with Gasteiger partial charge in [0.1, 0.15) is 0 Å². The Morgan fingerprint density at radius 3 is 0.750 bits per heavy atom. The van der Waals surface area contributed by atoms with Crippen molar-refractivity contribution < 1.29 is 0 Å². The van der Waals surface area contributed by atoms with Gasteiger partial charge in [0, 0.05) is 33.1 Å². The zero-order valence-corrected chi connectivity index (χ0v) is 64.7. The second-order valence-electron chi connectivity index (χ2n) is 31.7. The van der Waals surface area contributed by atoms with Crippen LogP contribution in [0.15, 0.2) is 315 Å². The highest BCUT2D eigenvalue weighted by Crippen LogP contribution is 2.57. The molecular weight excluding hydrogens is 1350 g/mol. The first-order valence-corrected chi connectivity index (χ1v) is 41.1. The van der Waals surface area contributed by atoms with Gasteiger partial charge in [-0.3, -0.25) is 0 Å². The summed E-state index contributed by atoms with van der Waals surface area (Å²) in [6.07, 6.45) is 16.5. The van der Waals surface area contributed by atoms with Gasteiger partial charge in [-0.15, -0.1) is 0 Å². The Bertz CT molecular complexity index is 5840. The molecule has 0 radical (unpaired) electrons. The van der Waals surface area contributed by atoms with Crippen LogP contribution in [0.2, 0.25) is 0 Å². The molecule has 544 valence electrons. The molecule has 0 spiro atoms. The number of para-hydroxylation sites is 4. The zero-order chi connectivity index (χ0) is 75.3. The SMILES string of the molecule is CCCCC1(CCCC)c2ccccc2-c2ccc(-c3ccc(-c4nc5ccccc5nc4-c4ccc(-c5ccc6c(c5)C(CCCC)(CCCC)c5ccccc5-6)cc4)cc3)cc21.c1ccc2c(c1)Cc1cc(-c3ccc(-c4nc5ccccc5nc4-c4ccc(-c5ccc6c(c5)Cc5ccccc5-6)cc4)cc3)ccc1-2. The molecule has 2 heterocycles. The summed E-state index contributed by atoms with van der Waals surface area (Å²) in [4.78, 5) is 21.0. The van der Waals surface area contributed by atoms with Crippen molar-refractivity contribution >= 4 is 22.1 Å². The van der Waals surface area contributed by atoms with E-state index >= 15 is 0 Å². The van der Waals surface area contributed by atoms with Crippen molar-refractivity contribution in [2.75, 3.05) is 0 Å². The molecule has 14 aromatic carbocycles. The van der Waals surface area contributed by atoms with Crippen LogP contribution in [-0.2, 0) is 23.7 Å². The van der Waals surface area contributed by atoms with Gasteiger partial charge >= 0.3 is 0 Å². The first kappa shape index (κ1) is 70.2. The van der Waals surface area contributed by atoms with Crippen molar-refractivity contribution in [3.05, 3.63) is 360 Å². The third-order valence-electron chi connectivity index (χ3n) is 25.1. The van der Waals surface area contributed by atoms with Crippen LogP contribution in [-0.4, -0.2) is 19.9 Å². The lowest BCUT2D eigenvalue weighted by Crippen LogP contribution is -2.25. The number of fused-ring (bicyclic) bond motifs is 14. The minimum atomic E-state index is 0.0687. The van der Waals surface area contributed by atoms with E-state index in [1.165, 1.54) is 211 Å². The molecule has 0 amide bonds. The van der Waals surface area contributed by atoms with Gasteiger partial charge in [0.25, 0.3) is 0 Å². The highest BCUT2D eigenvalue weighted by molar-refractivity contribution is 5.92. The highest BCUT2D eigenvalue weighted by Gasteiger charge is 2.44. The van der Waals surface area contributed by atoms with Gasteiger partial charge in [-0.05, 0) is 208 Å². The van der Waals surface area contributed by atoms with Crippen LogP contribution >= 0.6 is 0 Å². The summed E-state index contributed by atoms with van der Waals surface area (Å²) in [5, 5.41) is 0. The topological polar surface area (TPSA) is 51.6 Å². The molecule has 0 bridgehead atoms. The fourth-order valence-electron chi connectivity index (χ4n) is 19.2. The zero-order valence-electron chi connectivity index (χ0n) is 64.7. The standard InChI is InChI=1S/C62H62N2.C46H30N2/c1-5-9-37-61(38-10-6-2)53-21-15-13-19-49(53)51-35-33-47(41-55(51)61)43-25-29-45(30-26-43)59-60(64-58-24-18-17-23-57(58)63-59)46-31-27-44(28-32-46)48-34-36-52-50-20-14-16-22-54(50)62(39-11-7-3,40-12-8-4)56(52)42-48;1-3-9-39-35(7-1)27-37-25-33(21-23-41(37)39)29-13-17-31(18-14-29)45-46(48-44-12-6-5-11-43(44)47-45)32-19-15-30(16-20-32)34-22-24-42-38(26-34)28-36-8-2-4-10-40(36)42/h13-36,41-42H,5-12,37-40H2,1-4H3;1-26H,27-28H2. The van der Waals surface area contributed by atoms with Gasteiger partial charge in [0.05, 0.1) is 44.8 Å². The van der Waals surface area contributed by atoms with Crippen LogP contribution in [0.5, 0.6) is 0 Å². The van der Waals surface area contributed by atoms with E-state index in [2.05, 4.69) is 319 Å².